The molecule has 0 bridgehead atoms. The molecule has 21 heavy (non-hydrogen) atoms. The summed E-state index contributed by atoms with van der Waals surface area (Å²) in [5, 5.41) is 2.83. The van der Waals surface area contributed by atoms with Crippen LogP contribution in [0, 0.1) is 6.92 Å². The van der Waals surface area contributed by atoms with Gasteiger partial charge in [0.1, 0.15) is 5.75 Å². The smallest absolute Gasteiger partial charge is 0.262 e. The highest BCUT2D eigenvalue weighted by Crippen LogP contribution is 2.20. The summed E-state index contributed by atoms with van der Waals surface area (Å²) in [6.07, 6.45) is 0.935. The summed E-state index contributed by atoms with van der Waals surface area (Å²) >= 11 is 0. The van der Waals surface area contributed by atoms with Crippen LogP contribution >= 0.6 is 0 Å². The molecule has 0 aliphatic carbocycles. The van der Waals surface area contributed by atoms with E-state index in [1.165, 1.54) is 5.56 Å². The first-order valence-corrected chi connectivity index (χ1v) is 6.96. The van der Waals surface area contributed by atoms with Gasteiger partial charge in [0, 0.05) is 11.4 Å². The Morgan fingerprint density at radius 3 is 2.76 bits per heavy atom. The minimum Gasteiger partial charge on any atom is -0.483 e. The number of nitrogens with two attached hydrogens (primary N) is 1. The largest absolute Gasteiger partial charge is 0.483 e. The molecule has 4 heteroatoms. The molecule has 0 atom stereocenters. The number of ether oxygens (including phenoxy) is 1. The first kappa shape index (κ1) is 14.9. The van der Waals surface area contributed by atoms with E-state index in [2.05, 4.69) is 12.2 Å². The van der Waals surface area contributed by atoms with Crippen molar-refractivity contribution in [3.8, 4) is 5.75 Å². The van der Waals surface area contributed by atoms with Crippen LogP contribution in [0.1, 0.15) is 18.1 Å². The lowest BCUT2D eigenvalue weighted by atomic mass is 10.1. The zero-order chi connectivity index (χ0) is 15.2. The Bertz CT molecular complexity index is 638. The summed E-state index contributed by atoms with van der Waals surface area (Å²) in [5.41, 5.74) is 9.24. The third kappa shape index (κ3) is 4.24. The Hall–Kier alpha value is -2.49. The molecular formula is C17H20N2O2. The lowest BCUT2D eigenvalue weighted by Gasteiger charge is -2.10. The van der Waals surface area contributed by atoms with Crippen LogP contribution in [0.2, 0.25) is 0 Å². The van der Waals surface area contributed by atoms with E-state index >= 15 is 0 Å². The highest BCUT2D eigenvalue weighted by molar-refractivity contribution is 5.91. The van der Waals surface area contributed by atoms with Gasteiger partial charge in [0.2, 0.25) is 0 Å². The third-order valence-electron chi connectivity index (χ3n) is 3.18. The molecule has 0 fully saturated rings. The summed E-state index contributed by atoms with van der Waals surface area (Å²) in [6, 6.07) is 13.1. The quantitative estimate of drug-likeness (QED) is 0.829. The van der Waals surface area contributed by atoms with Crippen molar-refractivity contribution >= 4 is 17.3 Å². The van der Waals surface area contributed by atoms with E-state index < -0.39 is 0 Å². The van der Waals surface area contributed by atoms with E-state index in [1.807, 2.05) is 37.3 Å². The number of nitrogens with one attached hydrogen (secondary N) is 1. The second-order valence-corrected chi connectivity index (χ2v) is 4.92. The first-order valence-electron chi connectivity index (χ1n) is 6.96. The predicted molar refractivity (Wildman–Crippen MR) is 85.5 cm³/mol. The minimum absolute atomic E-state index is 0.0267. The number of benzene rings is 2. The monoisotopic (exact) mass is 284 g/mol. The summed E-state index contributed by atoms with van der Waals surface area (Å²) < 4.78 is 5.51. The van der Waals surface area contributed by atoms with Crippen molar-refractivity contribution in [2.24, 2.45) is 0 Å². The van der Waals surface area contributed by atoms with Crippen molar-refractivity contribution in [2.45, 2.75) is 20.3 Å². The normalized spacial score (nSPS) is 10.2. The number of anilines is 2. The van der Waals surface area contributed by atoms with Crippen molar-refractivity contribution in [3.63, 3.8) is 0 Å². The van der Waals surface area contributed by atoms with Crippen LogP contribution in [0.25, 0.3) is 0 Å². The van der Waals surface area contributed by atoms with Crippen LogP contribution in [0.3, 0.4) is 0 Å². The van der Waals surface area contributed by atoms with Gasteiger partial charge in [-0.2, -0.15) is 0 Å². The van der Waals surface area contributed by atoms with E-state index in [9.17, 15) is 4.79 Å². The molecule has 0 heterocycles. The molecule has 2 aromatic rings. The highest BCUT2D eigenvalue weighted by atomic mass is 16.5. The van der Waals surface area contributed by atoms with Gasteiger partial charge in [-0.1, -0.05) is 19.1 Å². The predicted octanol–water partition coefficient (Wildman–Crippen LogP) is 3.16. The molecule has 0 saturated carbocycles. The Morgan fingerprint density at radius 2 is 2.05 bits per heavy atom. The van der Waals surface area contributed by atoms with Gasteiger partial charge in [0.15, 0.2) is 6.61 Å². The Labute approximate surface area is 124 Å². The Balaban J connectivity index is 1.92. The molecular weight excluding hydrogens is 264 g/mol. The fraction of sp³-hybridized carbons (Fsp3) is 0.235. The lowest BCUT2D eigenvalue weighted by Crippen LogP contribution is -2.20. The van der Waals surface area contributed by atoms with Crippen molar-refractivity contribution < 1.29 is 9.53 Å². The number of nitrogen functional groups attached to an aromatic ring is 1. The highest BCUT2D eigenvalue weighted by Gasteiger charge is 2.06. The van der Waals surface area contributed by atoms with E-state index in [4.69, 9.17) is 10.5 Å². The van der Waals surface area contributed by atoms with Gasteiger partial charge in [-0.05, 0) is 54.8 Å². The molecule has 0 aliphatic heterocycles. The van der Waals surface area contributed by atoms with Crippen molar-refractivity contribution in [1.29, 1.82) is 0 Å². The second kappa shape index (κ2) is 6.79. The van der Waals surface area contributed by atoms with Gasteiger partial charge in [-0.25, -0.2) is 0 Å². The standard InChI is InChI=1S/C17H20N2O2/c1-3-13-5-4-6-15(10-13)19-17(20)11-21-16-8-7-14(18)9-12(16)2/h4-10H,3,11,18H2,1-2H3,(H,19,20). The molecule has 0 spiro atoms. The molecule has 3 N–H and O–H groups in total. The average molecular weight is 284 g/mol. The second-order valence-electron chi connectivity index (χ2n) is 4.92. The number of carbonyl (C=O) groups is 1. The van der Waals surface area contributed by atoms with Crippen LogP contribution < -0.4 is 15.8 Å². The zero-order valence-corrected chi connectivity index (χ0v) is 12.3. The van der Waals surface area contributed by atoms with Gasteiger partial charge in [0.05, 0.1) is 0 Å². The van der Waals surface area contributed by atoms with E-state index in [1.54, 1.807) is 12.1 Å². The van der Waals surface area contributed by atoms with E-state index in [-0.39, 0.29) is 12.5 Å². The zero-order valence-electron chi connectivity index (χ0n) is 12.3. The molecule has 4 nitrogen and oxygen atoms in total. The molecule has 2 rings (SSSR count). The van der Waals surface area contributed by atoms with Gasteiger partial charge in [0.25, 0.3) is 5.91 Å². The maximum atomic E-state index is 11.9. The van der Waals surface area contributed by atoms with Crippen molar-refractivity contribution in [1.82, 2.24) is 0 Å². The average Bonchev–Trinajstić information content (AvgIpc) is 2.46. The molecule has 0 unspecified atom stereocenters. The van der Waals surface area contributed by atoms with Crippen molar-refractivity contribution in [3.05, 3.63) is 53.6 Å². The summed E-state index contributed by atoms with van der Waals surface area (Å²) in [5.74, 6) is 0.487. The summed E-state index contributed by atoms with van der Waals surface area (Å²) in [7, 11) is 0. The van der Waals surface area contributed by atoms with Gasteiger partial charge < -0.3 is 15.8 Å². The molecule has 0 aromatic heterocycles. The van der Waals surface area contributed by atoms with Crippen LogP contribution in [0.5, 0.6) is 5.75 Å². The molecule has 0 radical (unpaired) electrons. The van der Waals surface area contributed by atoms with Gasteiger partial charge in [-0.15, -0.1) is 0 Å². The minimum atomic E-state index is -0.181. The molecule has 110 valence electrons. The van der Waals surface area contributed by atoms with Crippen LogP contribution in [0.4, 0.5) is 11.4 Å². The SMILES string of the molecule is CCc1cccc(NC(=O)COc2ccc(N)cc2C)c1. The fourth-order valence-electron chi connectivity index (χ4n) is 2.04. The van der Waals surface area contributed by atoms with Crippen LogP contribution in [-0.2, 0) is 11.2 Å². The number of aryl methyl sites for hydroxylation is 2. The first-order chi connectivity index (χ1) is 10.1. The fourth-order valence-corrected chi connectivity index (χ4v) is 2.04. The number of rotatable bonds is 5. The topological polar surface area (TPSA) is 64.3 Å². The third-order valence-corrected chi connectivity index (χ3v) is 3.18. The van der Waals surface area contributed by atoms with E-state index in [0.29, 0.717) is 11.4 Å². The summed E-state index contributed by atoms with van der Waals surface area (Å²) in [6.45, 7) is 3.95. The number of carbonyl (C=O) groups excluding carboxylic acids is 1. The summed E-state index contributed by atoms with van der Waals surface area (Å²) in [4.78, 5) is 11.9. The van der Waals surface area contributed by atoms with E-state index in [0.717, 1.165) is 17.7 Å². The Morgan fingerprint density at radius 1 is 1.24 bits per heavy atom. The maximum Gasteiger partial charge on any atom is 0.262 e. The van der Waals surface area contributed by atoms with Gasteiger partial charge >= 0.3 is 0 Å². The number of hydrogen-bond donors (Lipinski definition) is 2. The number of hydrogen-bond acceptors (Lipinski definition) is 3. The molecule has 0 aliphatic rings. The van der Waals surface area contributed by atoms with Crippen LogP contribution in [0.15, 0.2) is 42.5 Å². The van der Waals surface area contributed by atoms with Crippen LogP contribution in [-0.4, -0.2) is 12.5 Å². The number of amides is 1. The Kier molecular flexibility index (Phi) is 4.82. The maximum absolute atomic E-state index is 11.9. The molecule has 0 saturated heterocycles. The van der Waals surface area contributed by atoms with Gasteiger partial charge in [-0.3, -0.25) is 4.79 Å². The molecule has 1 amide bonds. The molecule has 2 aromatic carbocycles. The lowest BCUT2D eigenvalue weighted by molar-refractivity contribution is -0.118. The van der Waals surface area contributed by atoms with Crippen molar-refractivity contribution in [2.75, 3.05) is 17.7 Å².